The molecule has 18 heavy (non-hydrogen) atoms. The van der Waals surface area contributed by atoms with Crippen LogP contribution in [0.2, 0.25) is 0 Å². The molecule has 0 bridgehead atoms. The van der Waals surface area contributed by atoms with Gasteiger partial charge in [-0.15, -0.1) is 0 Å². The highest BCUT2D eigenvalue weighted by Gasteiger charge is 2.38. The number of nitrogens with two attached hydrogens (primary N) is 1. The van der Waals surface area contributed by atoms with E-state index in [4.69, 9.17) is 5.73 Å². The lowest BCUT2D eigenvalue weighted by atomic mass is 9.64. The third-order valence-corrected chi connectivity index (χ3v) is 3.83. The predicted octanol–water partition coefficient (Wildman–Crippen LogP) is 1.96. The minimum absolute atomic E-state index is 0.0622. The van der Waals surface area contributed by atoms with Crippen molar-refractivity contribution < 1.29 is 4.79 Å². The van der Waals surface area contributed by atoms with E-state index in [2.05, 4.69) is 29.6 Å². The molecule has 1 atom stereocenters. The van der Waals surface area contributed by atoms with Gasteiger partial charge in [-0.25, -0.2) is 0 Å². The molecule has 3 nitrogen and oxygen atoms in total. The van der Waals surface area contributed by atoms with Crippen LogP contribution < -0.4 is 11.1 Å². The van der Waals surface area contributed by atoms with E-state index < -0.39 is 0 Å². The SMILES string of the molecule is CC(N)CC(=O)NCC1(c2ccccc2)CCC1. The van der Waals surface area contributed by atoms with Crippen molar-refractivity contribution in [1.29, 1.82) is 0 Å². The standard InChI is InChI=1S/C15H22N2O/c1-12(16)10-14(18)17-11-15(8-5-9-15)13-6-3-2-4-7-13/h2-4,6-7,12H,5,8-11,16H2,1H3,(H,17,18). The molecular weight excluding hydrogens is 224 g/mol. The fourth-order valence-corrected chi connectivity index (χ4v) is 2.60. The summed E-state index contributed by atoms with van der Waals surface area (Å²) >= 11 is 0. The monoisotopic (exact) mass is 246 g/mol. The summed E-state index contributed by atoms with van der Waals surface area (Å²) in [5, 5.41) is 3.04. The Balaban J connectivity index is 1.96. The lowest BCUT2D eigenvalue weighted by molar-refractivity contribution is -0.121. The van der Waals surface area contributed by atoms with E-state index >= 15 is 0 Å². The summed E-state index contributed by atoms with van der Waals surface area (Å²) in [5.74, 6) is 0.0622. The lowest BCUT2D eigenvalue weighted by Gasteiger charge is -2.42. The van der Waals surface area contributed by atoms with Crippen LogP contribution in [0, 0.1) is 0 Å². The van der Waals surface area contributed by atoms with Crippen LogP contribution in [-0.2, 0) is 10.2 Å². The number of carbonyl (C=O) groups excluding carboxylic acids is 1. The number of carbonyl (C=O) groups is 1. The van der Waals surface area contributed by atoms with Crippen molar-refractivity contribution in [2.45, 2.75) is 44.1 Å². The van der Waals surface area contributed by atoms with Crippen LogP contribution in [0.3, 0.4) is 0 Å². The molecule has 1 aliphatic carbocycles. The Bertz CT molecular complexity index is 396. The van der Waals surface area contributed by atoms with E-state index in [0.29, 0.717) is 6.42 Å². The lowest BCUT2D eigenvalue weighted by Crippen LogP contribution is -2.46. The number of hydrogen-bond donors (Lipinski definition) is 2. The maximum absolute atomic E-state index is 11.7. The van der Waals surface area contributed by atoms with Gasteiger partial charge in [0.1, 0.15) is 0 Å². The van der Waals surface area contributed by atoms with Crippen LogP contribution in [0.15, 0.2) is 30.3 Å². The first-order chi connectivity index (χ1) is 8.62. The Hall–Kier alpha value is -1.35. The van der Waals surface area contributed by atoms with Gasteiger partial charge in [-0.3, -0.25) is 4.79 Å². The molecule has 0 spiro atoms. The van der Waals surface area contributed by atoms with Crippen LogP contribution in [0.25, 0.3) is 0 Å². The number of amides is 1. The van der Waals surface area contributed by atoms with Gasteiger partial charge < -0.3 is 11.1 Å². The van der Waals surface area contributed by atoms with Gasteiger partial charge in [0.25, 0.3) is 0 Å². The van der Waals surface area contributed by atoms with Gasteiger partial charge in [0.15, 0.2) is 0 Å². The number of rotatable bonds is 5. The van der Waals surface area contributed by atoms with Crippen molar-refractivity contribution in [2.75, 3.05) is 6.54 Å². The van der Waals surface area contributed by atoms with Gasteiger partial charge in [0.05, 0.1) is 0 Å². The molecule has 0 aliphatic heterocycles. The molecule has 0 saturated heterocycles. The van der Waals surface area contributed by atoms with Crippen molar-refractivity contribution in [2.24, 2.45) is 5.73 Å². The minimum Gasteiger partial charge on any atom is -0.355 e. The molecule has 1 unspecified atom stereocenters. The molecule has 1 aromatic rings. The van der Waals surface area contributed by atoms with Crippen molar-refractivity contribution >= 4 is 5.91 Å². The molecule has 3 heteroatoms. The molecule has 0 heterocycles. The molecule has 2 rings (SSSR count). The van der Waals surface area contributed by atoms with Gasteiger partial charge in [-0.2, -0.15) is 0 Å². The number of hydrogen-bond acceptors (Lipinski definition) is 2. The van der Waals surface area contributed by atoms with E-state index in [9.17, 15) is 4.79 Å². The molecule has 3 N–H and O–H groups in total. The van der Waals surface area contributed by atoms with Crippen LogP contribution in [0.4, 0.5) is 0 Å². The van der Waals surface area contributed by atoms with E-state index in [0.717, 1.165) is 19.4 Å². The van der Waals surface area contributed by atoms with Gasteiger partial charge in [0, 0.05) is 24.4 Å². The maximum Gasteiger partial charge on any atom is 0.221 e. The fraction of sp³-hybridized carbons (Fsp3) is 0.533. The highest BCUT2D eigenvalue weighted by molar-refractivity contribution is 5.76. The summed E-state index contributed by atoms with van der Waals surface area (Å²) in [7, 11) is 0. The first kappa shape index (κ1) is 13.1. The van der Waals surface area contributed by atoms with Crippen molar-refractivity contribution in [1.82, 2.24) is 5.32 Å². The molecule has 1 saturated carbocycles. The van der Waals surface area contributed by atoms with Gasteiger partial charge in [-0.05, 0) is 25.3 Å². The van der Waals surface area contributed by atoms with E-state index in [1.807, 2.05) is 13.0 Å². The van der Waals surface area contributed by atoms with Crippen LogP contribution >= 0.6 is 0 Å². The molecule has 1 aliphatic rings. The largest absolute Gasteiger partial charge is 0.355 e. The van der Waals surface area contributed by atoms with E-state index in [1.54, 1.807) is 0 Å². The van der Waals surface area contributed by atoms with Crippen molar-refractivity contribution in [3.8, 4) is 0 Å². The average molecular weight is 246 g/mol. The summed E-state index contributed by atoms with van der Waals surface area (Å²) in [6.45, 7) is 2.60. The summed E-state index contributed by atoms with van der Waals surface area (Å²) in [6, 6.07) is 10.4. The quantitative estimate of drug-likeness (QED) is 0.834. The summed E-state index contributed by atoms with van der Waals surface area (Å²) in [4.78, 5) is 11.7. The second-order valence-corrected chi connectivity index (χ2v) is 5.46. The molecule has 1 amide bonds. The Kier molecular flexibility index (Phi) is 4.02. The van der Waals surface area contributed by atoms with Gasteiger partial charge in [0.2, 0.25) is 5.91 Å². The average Bonchev–Trinajstić information content (AvgIpc) is 2.28. The molecular formula is C15H22N2O. The number of nitrogens with one attached hydrogen (secondary N) is 1. The zero-order valence-corrected chi connectivity index (χ0v) is 11.0. The zero-order chi connectivity index (χ0) is 13.0. The Morgan fingerprint density at radius 2 is 2.06 bits per heavy atom. The molecule has 0 radical (unpaired) electrons. The molecule has 0 aromatic heterocycles. The molecule has 98 valence electrons. The zero-order valence-electron chi connectivity index (χ0n) is 11.0. The van der Waals surface area contributed by atoms with Gasteiger partial charge in [-0.1, -0.05) is 36.8 Å². The number of benzene rings is 1. The highest BCUT2D eigenvalue weighted by atomic mass is 16.1. The van der Waals surface area contributed by atoms with Crippen molar-refractivity contribution in [3.05, 3.63) is 35.9 Å². The van der Waals surface area contributed by atoms with E-state index in [-0.39, 0.29) is 17.4 Å². The summed E-state index contributed by atoms with van der Waals surface area (Å²) in [6.07, 6.45) is 3.98. The molecule has 1 aromatic carbocycles. The van der Waals surface area contributed by atoms with E-state index in [1.165, 1.54) is 12.0 Å². The second kappa shape index (κ2) is 5.53. The smallest absolute Gasteiger partial charge is 0.221 e. The minimum atomic E-state index is -0.0703. The maximum atomic E-state index is 11.7. The first-order valence-electron chi connectivity index (χ1n) is 6.70. The normalized spacial score (nSPS) is 18.8. The summed E-state index contributed by atoms with van der Waals surface area (Å²) < 4.78 is 0. The van der Waals surface area contributed by atoms with Gasteiger partial charge >= 0.3 is 0 Å². The Morgan fingerprint density at radius 3 is 2.56 bits per heavy atom. The molecule has 1 fully saturated rings. The Labute approximate surface area is 109 Å². The van der Waals surface area contributed by atoms with Crippen LogP contribution in [0.1, 0.15) is 38.2 Å². The fourth-order valence-electron chi connectivity index (χ4n) is 2.60. The Morgan fingerprint density at radius 1 is 1.39 bits per heavy atom. The topological polar surface area (TPSA) is 55.1 Å². The third kappa shape index (κ3) is 2.91. The van der Waals surface area contributed by atoms with Crippen molar-refractivity contribution in [3.63, 3.8) is 0 Å². The van der Waals surface area contributed by atoms with Crippen LogP contribution in [-0.4, -0.2) is 18.5 Å². The first-order valence-corrected chi connectivity index (χ1v) is 6.70. The summed E-state index contributed by atoms with van der Waals surface area (Å²) in [5.41, 5.74) is 7.14. The highest BCUT2D eigenvalue weighted by Crippen LogP contribution is 2.43. The second-order valence-electron chi connectivity index (χ2n) is 5.46. The third-order valence-electron chi connectivity index (χ3n) is 3.83. The van der Waals surface area contributed by atoms with Crippen LogP contribution in [0.5, 0.6) is 0 Å². The predicted molar refractivity (Wildman–Crippen MR) is 73.2 cm³/mol.